The molecule has 3 aromatic rings. The summed E-state index contributed by atoms with van der Waals surface area (Å²) in [5.41, 5.74) is 1.42. The quantitative estimate of drug-likeness (QED) is 0.394. The highest BCUT2D eigenvalue weighted by Crippen LogP contribution is 2.43. The Morgan fingerprint density at radius 3 is 2.63 bits per heavy atom. The van der Waals surface area contributed by atoms with Gasteiger partial charge < -0.3 is 15.4 Å². The van der Waals surface area contributed by atoms with Gasteiger partial charge in [0.05, 0.1) is 18.7 Å². The molecule has 6 rings (SSSR count). The second-order valence-electron chi connectivity index (χ2n) is 10.9. The standard InChI is InChI=1S/C28H34N4O3/c1-6-16-15-32-12-10-17(16)13-22(32)23(30-24-25(27(34)26(24)33)31-28(2,3)4)19-9-11-29-21-8-7-18(35-5)14-20(19)21/h6-9,11,14,16-17,22-23,30-31H,1,10,12-13,15H2,2-5H3/t16-,17-,22-,23-/m0/s1. The van der Waals surface area contributed by atoms with E-state index in [2.05, 4.69) is 33.2 Å². The first-order valence-electron chi connectivity index (χ1n) is 12.4. The van der Waals surface area contributed by atoms with Gasteiger partial charge in [-0.1, -0.05) is 6.08 Å². The van der Waals surface area contributed by atoms with Crippen molar-refractivity contribution in [3.8, 4) is 5.75 Å². The van der Waals surface area contributed by atoms with Crippen LogP contribution in [0.15, 0.2) is 52.7 Å². The first kappa shape index (κ1) is 23.5. The van der Waals surface area contributed by atoms with Crippen molar-refractivity contribution in [2.75, 3.05) is 30.8 Å². The van der Waals surface area contributed by atoms with Crippen LogP contribution in [0, 0.1) is 11.8 Å². The summed E-state index contributed by atoms with van der Waals surface area (Å²) in [4.78, 5) is 32.3. The van der Waals surface area contributed by atoms with Crippen LogP contribution < -0.4 is 26.2 Å². The van der Waals surface area contributed by atoms with Crippen LogP contribution in [0.5, 0.6) is 5.75 Å². The zero-order chi connectivity index (χ0) is 24.9. The number of benzene rings is 1. The summed E-state index contributed by atoms with van der Waals surface area (Å²) >= 11 is 0. The molecule has 0 amide bonds. The Balaban J connectivity index is 1.61. The van der Waals surface area contributed by atoms with Crippen LogP contribution in [0.1, 0.15) is 45.2 Å². The summed E-state index contributed by atoms with van der Waals surface area (Å²) < 4.78 is 5.51. The first-order chi connectivity index (χ1) is 16.7. The number of nitrogens with zero attached hydrogens (tertiary/aromatic N) is 2. The van der Waals surface area contributed by atoms with Gasteiger partial charge in [-0.05, 0) is 81.8 Å². The van der Waals surface area contributed by atoms with Crippen molar-refractivity contribution in [3.05, 3.63) is 69.1 Å². The Morgan fingerprint density at radius 2 is 1.97 bits per heavy atom. The lowest BCUT2D eigenvalue weighted by atomic mass is 9.73. The Labute approximate surface area is 205 Å². The van der Waals surface area contributed by atoms with Gasteiger partial charge in [-0.15, -0.1) is 6.58 Å². The molecule has 0 saturated carbocycles. The summed E-state index contributed by atoms with van der Waals surface area (Å²) in [6.45, 7) is 12.0. The van der Waals surface area contributed by atoms with E-state index < -0.39 is 10.9 Å². The van der Waals surface area contributed by atoms with Crippen molar-refractivity contribution in [3.63, 3.8) is 0 Å². The fraction of sp³-hybridized carbons (Fsp3) is 0.464. The third-order valence-electron chi connectivity index (χ3n) is 7.57. The molecule has 5 atom stereocenters. The third-order valence-corrected chi connectivity index (χ3v) is 7.57. The van der Waals surface area contributed by atoms with Gasteiger partial charge in [-0.25, -0.2) is 0 Å². The Bertz CT molecular complexity index is 1330. The number of hydrogen-bond acceptors (Lipinski definition) is 7. The molecular formula is C28H34N4O3. The number of fused-ring (bicyclic) bond motifs is 4. The average Bonchev–Trinajstić information content (AvgIpc) is 2.87. The molecule has 35 heavy (non-hydrogen) atoms. The maximum Gasteiger partial charge on any atom is 0.253 e. The second kappa shape index (κ2) is 8.79. The SMILES string of the molecule is C=C[C@H]1CN2CC[C@H]1C[C@H]2[C@@H](Nc1c(NC(C)(C)C)c(=O)c1=O)c1ccnc2ccc(OC)cc12. The highest BCUT2D eigenvalue weighted by atomic mass is 16.5. The highest BCUT2D eigenvalue weighted by Gasteiger charge is 2.43. The monoisotopic (exact) mass is 474 g/mol. The predicted molar refractivity (Wildman–Crippen MR) is 141 cm³/mol. The fourth-order valence-electron chi connectivity index (χ4n) is 5.83. The maximum absolute atomic E-state index is 12.8. The van der Waals surface area contributed by atoms with E-state index in [1.165, 1.54) is 0 Å². The van der Waals surface area contributed by atoms with Crippen LogP contribution >= 0.6 is 0 Å². The molecule has 2 bridgehead atoms. The van der Waals surface area contributed by atoms with Crippen molar-refractivity contribution < 1.29 is 4.74 Å². The molecule has 4 heterocycles. The van der Waals surface area contributed by atoms with Crippen molar-refractivity contribution in [1.82, 2.24) is 9.88 Å². The molecule has 7 heteroatoms. The third kappa shape index (κ3) is 4.22. The maximum atomic E-state index is 12.8. The van der Waals surface area contributed by atoms with Crippen LogP contribution in [0.3, 0.4) is 0 Å². The minimum atomic E-state index is -0.461. The summed E-state index contributed by atoms with van der Waals surface area (Å²) in [7, 11) is 1.65. The van der Waals surface area contributed by atoms with Crippen molar-refractivity contribution in [2.24, 2.45) is 11.8 Å². The summed E-state index contributed by atoms with van der Waals surface area (Å²) in [5, 5.41) is 7.77. The van der Waals surface area contributed by atoms with E-state index in [-0.39, 0.29) is 17.6 Å². The van der Waals surface area contributed by atoms with Crippen LogP contribution in [-0.2, 0) is 0 Å². The van der Waals surface area contributed by atoms with E-state index in [0.29, 0.717) is 23.2 Å². The number of methoxy groups -OCH3 is 1. The lowest BCUT2D eigenvalue weighted by Crippen LogP contribution is -2.56. The predicted octanol–water partition coefficient (Wildman–Crippen LogP) is 4.10. The molecule has 3 aliphatic heterocycles. The van der Waals surface area contributed by atoms with Crippen LogP contribution in [-0.4, -0.2) is 41.7 Å². The molecule has 3 aliphatic rings. The number of piperidine rings is 3. The molecule has 3 fully saturated rings. The van der Waals surface area contributed by atoms with E-state index in [0.717, 1.165) is 48.1 Å². The van der Waals surface area contributed by atoms with Gasteiger partial charge in [0.2, 0.25) is 0 Å². The molecule has 2 N–H and O–H groups in total. The minimum Gasteiger partial charge on any atom is -0.497 e. The van der Waals surface area contributed by atoms with E-state index in [4.69, 9.17) is 4.74 Å². The number of pyridine rings is 1. The zero-order valence-corrected chi connectivity index (χ0v) is 20.9. The molecular weight excluding hydrogens is 440 g/mol. The van der Waals surface area contributed by atoms with Gasteiger partial charge in [0.25, 0.3) is 10.9 Å². The molecule has 2 aromatic carbocycles. The minimum absolute atomic E-state index is 0.175. The molecule has 0 aliphatic carbocycles. The smallest absolute Gasteiger partial charge is 0.253 e. The molecule has 3 saturated heterocycles. The van der Waals surface area contributed by atoms with Crippen molar-refractivity contribution in [2.45, 2.75) is 51.2 Å². The number of anilines is 2. The number of aromatic nitrogens is 1. The molecule has 0 radical (unpaired) electrons. The Hall–Kier alpha value is -3.19. The number of rotatable bonds is 7. The van der Waals surface area contributed by atoms with Crippen molar-refractivity contribution in [1.29, 1.82) is 0 Å². The first-order valence-corrected chi connectivity index (χ1v) is 12.4. The highest BCUT2D eigenvalue weighted by molar-refractivity contribution is 5.85. The van der Waals surface area contributed by atoms with E-state index in [1.807, 2.05) is 51.2 Å². The van der Waals surface area contributed by atoms with Crippen molar-refractivity contribution >= 4 is 22.3 Å². The second-order valence-corrected chi connectivity index (χ2v) is 10.9. The zero-order valence-electron chi connectivity index (χ0n) is 20.9. The normalized spacial score (nSPS) is 24.9. The van der Waals surface area contributed by atoms with Gasteiger partial charge in [0.15, 0.2) is 0 Å². The fourth-order valence-corrected chi connectivity index (χ4v) is 5.83. The van der Waals surface area contributed by atoms with Crippen LogP contribution in [0.25, 0.3) is 10.9 Å². The molecule has 1 aromatic heterocycles. The van der Waals surface area contributed by atoms with E-state index in [1.54, 1.807) is 7.11 Å². The summed E-state index contributed by atoms with van der Waals surface area (Å²) in [6.07, 6.45) is 6.06. The van der Waals surface area contributed by atoms with Gasteiger partial charge in [0, 0.05) is 29.7 Å². The average molecular weight is 475 g/mol. The summed E-state index contributed by atoms with van der Waals surface area (Å²) in [6, 6.07) is 7.88. The molecule has 184 valence electrons. The number of hydrogen-bond donors (Lipinski definition) is 2. The number of ether oxygens (including phenoxy) is 1. The van der Waals surface area contributed by atoms with E-state index in [9.17, 15) is 9.59 Å². The van der Waals surface area contributed by atoms with Crippen LogP contribution in [0.4, 0.5) is 11.4 Å². The molecule has 0 spiro atoms. The lowest BCUT2D eigenvalue weighted by molar-refractivity contribution is 0.0105. The molecule has 7 nitrogen and oxygen atoms in total. The van der Waals surface area contributed by atoms with Gasteiger partial charge in [-0.3, -0.25) is 19.5 Å². The van der Waals surface area contributed by atoms with E-state index >= 15 is 0 Å². The number of nitrogens with one attached hydrogen (secondary N) is 2. The van der Waals surface area contributed by atoms with Crippen LogP contribution in [0.2, 0.25) is 0 Å². The van der Waals surface area contributed by atoms with Gasteiger partial charge in [-0.2, -0.15) is 0 Å². The van der Waals surface area contributed by atoms with Gasteiger partial charge in [0.1, 0.15) is 17.1 Å². The summed E-state index contributed by atoms with van der Waals surface area (Å²) in [5.74, 6) is 1.81. The largest absolute Gasteiger partial charge is 0.497 e. The van der Waals surface area contributed by atoms with Gasteiger partial charge >= 0.3 is 0 Å². The topological polar surface area (TPSA) is 83.6 Å². The Morgan fingerprint density at radius 1 is 1.20 bits per heavy atom. The Kier molecular flexibility index (Phi) is 5.91. The lowest BCUT2D eigenvalue weighted by Gasteiger charge is -2.52. The molecule has 1 unspecified atom stereocenters.